The molecule has 1 unspecified atom stereocenters. The lowest BCUT2D eigenvalue weighted by Gasteiger charge is -2.40. The van der Waals surface area contributed by atoms with E-state index in [4.69, 9.17) is 5.73 Å². The third kappa shape index (κ3) is 3.81. The molecule has 1 aliphatic rings. The molecule has 0 radical (unpaired) electrons. The second-order valence-electron chi connectivity index (χ2n) is 5.52. The van der Waals surface area contributed by atoms with Crippen molar-refractivity contribution < 1.29 is 4.79 Å². The lowest BCUT2D eigenvalue weighted by Crippen LogP contribution is -2.49. The average Bonchev–Trinajstić information content (AvgIpc) is 2.48. The zero-order valence-electron chi connectivity index (χ0n) is 12.3. The number of carbonyl (C=O) groups excluding carboxylic acids is 1. The SMILES string of the molecule is CN1CCN(C(=O)CCCCN)C(c2ccccc2)C1. The fourth-order valence-electron chi connectivity index (χ4n) is 2.74. The first-order valence-corrected chi connectivity index (χ1v) is 7.45. The highest BCUT2D eigenvalue weighted by atomic mass is 16.2. The van der Waals surface area contributed by atoms with E-state index in [2.05, 4.69) is 24.1 Å². The number of carbonyl (C=O) groups is 1. The molecule has 1 atom stereocenters. The quantitative estimate of drug-likeness (QED) is 0.831. The van der Waals surface area contributed by atoms with E-state index in [0.717, 1.165) is 32.5 Å². The van der Waals surface area contributed by atoms with E-state index in [-0.39, 0.29) is 11.9 Å². The Hall–Kier alpha value is -1.39. The summed E-state index contributed by atoms with van der Waals surface area (Å²) >= 11 is 0. The van der Waals surface area contributed by atoms with Crippen molar-refractivity contribution in [2.45, 2.75) is 25.3 Å². The van der Waals surface area contributed by atoms with Gasteiger partial charge >= 0.3 is 0 Å². The van der Waals surface area contributed by atoms with Gasteiger partial charge in [-0.3, -0.25) is 4.79 Å². The smallest absolute Gasteiger partial charge is 0.223 e. The third-order valence-electron chi connectivity index (χ3n) is 3.93. The molecule has 1 amide bonds. The van der Waals surface area contributed by atoms with Gasteiger partial charge in [0, 0.05) is 26.1 Å². The number of amides is 1. The fraction of sp³-hybridized carbons (Fsp3) is 0.562. The van der Waals surface area contributed by atoms with Crippen LogP contribution in [0.1, 0.15) is 30.9 Å². The van der Waals surface area contributed by atoms with Crippen molar-refractivity contribution in [1.82, 2.24) is 9.80 Å². The molecule has 0 aromatic heterocycles. The van der Waals surface area contributed by atoms with E-state index in [9.17, 15) is 4.79 Å². The minimum Gasteiger partial charge on any atom is -0.333 e. The third-order valence-corrected chi connectivity index (χ3v) is 3.93. The number of piperazine rings is 1. The van der Waals surface area contributed by atoms with Crippen molar-refractivity contribution >= 4 is 5.91 Å². The van der Waals surface area contributed by atoms with Crippen molar-refractivity contribution in [3.63, 3.8) is 0 Å². The summed E-state index contributed by atoms with van der Waals surface area (Å²) in [6, 6.07) is 10.5. The van der Waals surface area contributed by atoms with Gasteiger partial charge < -0.3 is 15.5 Å². The van der Waals surface area contributed by atoms with Crippen LogP contribution in [0.3, 0.4) is 0 Å². The molecule has 4 nitrogen and oxygen atoms in total. The Morgan fingerprint density at radius 1 is 1.25 bits per heavy atom. The van der Waals surface area contributed by atoms with Crippen molar-refractivity contribution in [3.05, 3.63) is 35.9 Å². The molecule has 0 saturated carbocycles. The van der Waals surface area contributed by atoms with Crippen LogP contribution in [-0.4, -0.2) is 48.9 Å². The van der Waals surface area contributed by atoms with Gasteiger partial charge in [-0.25, -0.2) is 0 Å². The standard InChI is InChI=1S/C16H25N3O/c1-18-11-12-19(16(20)9-5-6-10-17)15(13-18)14-7-3-2-4-8-14/h2-4,7-8,15H,5-6,9-13,17H2,1H3. The molecular weight excluding hydrogens is 250 g/mol. The number of hydrogen-bond donors (Lipinski definition) is 1. The summed E-state index contributed by atoms with van der Waals surface area (Å²) in [6.45, 7) is 3.34. The number of nitrogens with two attached hydrogens (primary N) is 1. The molecule has 0 spiro atoms. The van der Waals surface area contributed by atoms with Crippen LogP contribution in [0.5, 0.6) is 0 Å². The van der Waals surface area contributed by atoms with Crippen molar-refractivity contribution in [3.8, 4) is 0 Å². The Morgan fingerprint density at radius 3 is 2.70 bits per heavy atom. The average molecular weight is 275 g/mol. The molecule has 4 heteroatoms. The van der Waals surface area contributed by atoms with Crippen LogP contribution in [0.4, 0.5) is 0 Å². The van der Waals surface area contributed by atoms with Crippen molar-refractivity contribution in [2.24, 2.45) is 5.73 Å². The van der Waals surface area contributed by atoms with E-state index >= 15 is 0 Å². The lowest BCUT2D eigenvalue weighted by atomic mass is 10.0. The molecule has 1 aromatic carbocycles. The van der Waals surface area contributed by atoms with Crippen LogP contribution in [0.25, 0.3) is 0 Å². The highest BCUT2D eigenvalue weighted by molar-refractivity contribution is 5.76. The van der Waals surface area contributed by atoms with Crippen LogP contribution in [-0.2, 0) is 4.79 Å². The van der Waals surface area contributed by atoms with E-state index in [1.54, 1.807) is 0 Å². The van der Waals surface area contributed by atoms with E-state index in [1.165, 1.54) is 5.56 Å². The fourth-order valence-corrected chi connectivity index (χ4v) is 2.74. The summed E-state index contributed by atoms with van der Waals surface area (Å²) in [5.74, 6) is 0.264. The lowest BCUT2D eigenvalue weighted by molar-refractivity contribution is -0.136. The number of likely N-dealkylation sites (N-methyl/N-ethyl adjacent to an activating group) is 1. The molecule has 2 rings (SSSR count). The molecule has 2 N–H and O–H groups in total. The van der Waals surface area contributed by atoms with Gasteiger partial charge in [-0.1, -0.05) is 30.3 Å². The highest BCUT2D eigenvalue weighted by Gasteiger charge is 2.29. The van der Waals surface area contributed by atoms with E-state index in [0.29, 0.717) is 13.0 Å². The molecule has 1 saturated heterocycles. The van der Waals surface area contributed by atoms with Crippen LogP contribution in [0, 0.1) is 0 Å². The van der Waals surface area contributed by atoms with Crippen LogP contribution < -0.4 is 5.73 Å². The number of hydrogen-bond acceptors (Lipinski definition) is 3. The topological polar surface area (TPSA) is 49.6 Å². The summed E-state index contributed by atoms with van der Waals surface area (Å²) in [5, 5.41) is 0. The summed E-state index contributed by atoms with van der Waals surface area (Å²) in [5.41, 5.74) is 6.73. The molecule has 1 aromatic rings. The Morgan fingerprint density at radius 2 is 2.00 bits per heavy atom. The molecular formula is C16H25N3O. The van der Waals surface area contributed by atoms with Gasteiger partial charge in [0.1, 0.15) is 0 Å². The summed E-state index contributed by atoms with van der Waals surface area (Å²) in [4.78, 5) is 16.8. The molecule has 0 bridgehead atoms. The molecule has 1 aliphatic heterocycles. The highest BCUT2D eigenvalue weighted by Crippen LogP contribution is 2.25. The van der Waals surface area contributed by atoms with Gasteiger partial charge in [-0.05, 0) is 32.0 Å². The van der Waals surface area contributed by atoms with Gasteiger partial charge in [0.2, 0.25) is 5.91 Å². The molecule has 20 heavy (non-hydrogen) atoms. The number of benzene rings is 1. The molecule has 1 heterocycles. The van der Waals surface area contributed by atoms with Gasteiger partial charge in [0.25, 0.3) is 0 Å². The summed E-state index contributed by atoms with van der Waals surface area (Å²) < 4.78 is 0. The van der Waals surface area contributed by atoms with E-state index in [1.807, 2.05) is 23.1 Å². The Bertz CT molecular complexity index is 421. The second-order valence-corrected chi connectivity index (χ2v) is 5.52. The van der Waals surface area contributed by atoms with Gasteiger partial charge in [0.05, 0.1) is 6.04 Å². The minimum atomic E-state index is 0.181. The normalized spacial score (nSPS) is 20.1. The number of unbranched alkanes of at least 4 members (excludes halogenated alkanes) is 1. The first-order valence-electron chi connectivity index (χ1n) is 7.45. The first kappa shape index (κ1) is 15.0. The molecule has 0 aliphatic carbocycles. The second kappa shape index (κ2) is 7.41. The van der Waals surface area contributed by atoms with Crippen molar-refractivity contribution in [2.75, 3.05) is 33.2 Å². The zero-order valence-corrected chi connectivity index (χ0v) is 12.3. The maximum Gasteiger partial charge on any atom is 0.223 e. The maximum absolute atomic E-state index is 12.4. The summed E-state index contributed by atoms with van der Waals surface area (Å²) in [6.07, 6.45) is 2.43. The summed E-state index contributed by atoms with van der Waals surface area (Å²) in [7, 11) is 2.12. The van der Waals surface area contributed by atoms with Crippen LogP contribution in [0.15, 0.2) is 30.3 Å². The predicted octanol–water partition coefficient (Wildman–Crippen LogP) is 1.63. The maximum atomic E-state index is 12.4. The van der Waals surface area contributed by atoms with Gasteiger partial charge in [-0.15, -0.1) is 0 Å². The minimum absolute atomic E-state index is 0.181. The Labute approximate surface area is 121 Å². The number of nitrogens with zero attached hydrogens (tertiary/aromatic N) is 2. The van der Waals surface area contributed by atoms with Gasteiger partial charge in [-0.2, -0.15) is 0 Å². The zero-order chi connectivity index (χ0) is 14.4. The van der Waals surface area contributed by atoms with Crippen LogP contribution >= 0.6 is 0 Å². The number of rotatable bonds is 5. The Kier molecular flexibility index (Phi) is 5.56. The largest absolute Gasteiger partial charge is 0.333 e. The van der Waals surface area contributed by atoms with Crippen LogP contribution in [0.2, 0.25) is 0 Å². The van der Waals surface area contributed by atoms with Crippen molar-refractivity contribution in [1.29, 1.82) is 0 Å². The predicted molar refractivity (Wildman–Crippen MR) is 81.3 cm³/mol. The monoisotopic (exact) mass is 275 g/mol. The first-order chi connectivity index (χ1) is 9.72. The molecule has 110 valence electrons. The Balaban J connectivity index is 2.06. The van der Waals surface area contributed by atoms with E-state index < -0.39 is 0 Å². The van der Waals surface area contributed by atoms with Gasteiger partial charge in [0.15, 0.2) is 0 Å². The molecule has 1 fully saturated rings.